The van der Waals surface area contributed by atoms with Crippen LogP contribution in [0.5, 0.6) is 0 Å². The first-order valence-corrected chi connectivity index (χ1v) is 6.29. The van der Waals surface area contributed by atoms with Crippen molar-refractivity contribution in [3.8, 4) is 6.07 Å². The van der Waals surface area contributed by atoms with Gasteiger partial charge in [0, 0.05) is 10.7 Å². The van der Waals surface area contributed by atoms with E-state index in [0.29, 0.717) is 6.07 Å². The second-order valence-electron chi connectivity index (χ2n) is 2.56. The second kappa shape index (κ2) is 4.49. The van der Waals surface area contributed by atoms with Crippen LogP contribution in [0.3, 0.4) is 0 Å². The third kappa shape index (κ3) is 2.58. The molecule has 4 nitrogen and oxygen atoms in total. The summed E-state index contributed by atoms with van der Waals surface area (Å²) in [5.74, 6) is 0. The molecule has 0 aliphatic heterocycles. The number of aromatic nitrogens is 1. The first kappa shape index (κ1) is 13.1. The fourth-order valence-electron chi connectivity index (χ4n) is 0.913. The number of nitrogens with zero attached hydrogens (tertiary/aromatic N) is 2. The molecule has 0 aliphatic rings. The molecule has 1 rings (SSSR count). The van der Waals surface area contributed by atoms with Crippen LogP contribution < -0.4 is 0 Å². The summed E-state index contributed by atoms with van der Waals surface area (Å²) in [4.78, 5) is 3.19. The van der Waals surface area contributed by atoms with Gasteiger partial charge in [0.25, 0.3) is 15.5 Å². The van der Waals surface area contributed by atoms with Crippen molar-refractivity contribution in [2.24, 2.45) is 0 Å². The quantitative estimate of drug-likeness (QED) is 0.783. The van der Waals surface area contributed by atoms with Crippen LogP contribution in [0.2, 0.25) is 5.02 Å². The Morgan fingerprint density at radius 2 is 2.06 bits per heavy atom. The predicted octanol–water partition coefficient (Wildman–Crippen LogP) is 2.47. The minimum atomic E-state index is -4.28. The van der Waals surface area contributed by atoms with Gasteiger partial charge in [0.15, 0.2) is 10.7 Å². The molecule has 0 saturated heterocycles. The second-order valence-corrected chi connectivity index (χ2v) is 5.45. The number of alkyl halides is 2. The lowest BCUT2D eigenvalue weighted by Gasteiger charge is -2.05. The third-order valence-corrected chi connectivity index (χ3v) is 3.16. The first-order valence-electron chi connectivity index (χ1n) is 3.60. The molecule has 16 heavy (non-hydrogen) atoms. The molecule has 86 valence electrons. The first-order chi connectivity index (χ1) is 7.27. The number of nitriles is 1. The van der Waals surface area contributed by atoms with Crippen LogP contribution in [-0.2, 0) is 9.05 Å². The minimum Gasteiger partial charge on any atom is -0.222 e. The number of hydrogen-bond acceptors (Lipinski definition) is 4. The number of pyridine rings is 1. The van der Waals surface area contributed by atoms with Gasteiger partial charge in [-0.15, -0.1) is 0 Å². The Bertz CT molecular complexity index is 568. The lowest BCUT2D eigenvalue weighted by molar-refractivity contribution is 0.150. The Morgan fingerprint density at radius 3 is 2.44 bits per heavy atom. The standard InChI is InChI=1S/C7H2Cl2F2N2O2S/c8-4-1-3(6(10)11)5(2-12)13-7(4)16(9,14)15/h1,6H. The lowest BCUT2D eigenvalue weighted by Crippen LogP contribution is -2.02. The highest BCUT2D eigenvalue weighted by atomic mass is 35.7. The van der Waals surface area contributed by atoms with Gasteiger partial charge in [-0.1, -0.05) is 11.6 Å². The summed E-state index contributed by atoms with van der Waals surface area (Å²) in [6, 6.07) is 2.00. The van der Waals surface area contributed by atoms with Crippen LogP contribution in [-0.4, -0.2) is 13.4 Å². The van der Waals surface area contributed by atoms with Crippen molar-refractivity contribution in [3.05, 3.63) is 22.3 Å². The fourth-order valence-corrected chi connectivity index (χ4v) is 2.34. The van der Waals surface area contributed by atoms with Crippen molar-refractivity contribution in [2.45, 2.75) is 11.5 Å². The van der Waals surface area contributed by atoms with Crippen molar-refractivity contribution in [3.63, 3.8) is 0 Å². The van der Waals surface area contributed by atoms with E-state index in [2.05, 4.69) is 4.98 Å². The van der Waals surface area contributed by atoms with Crippen molar-refractivity contribution >= 4 is 31.3 Å². The Kier molecular flexibility index (Phi) is 3.68. The maximum atomic E-state index is 12.4. The highest BCUT2D eigenvalue weighted by Gasteiger charge is 2.23. The molecule has 0 saturated carbocycles. The lowest BCUT2D eigenvalue weighted by atomic mass is 10.2. The van der Waals surface area contributed by atoms with Crippen LogP contribution in [0.1, 0.15) is 17.7 Å². The molecule has 0 fully saturated rings. The highest BCUT2D eigenvalue weighted by molar-refractivity contribution is 8.13. The van der Waals surface area contributed by atoms with Gasteiger partial charge in [0.1, 0.15) is 6.07 Å². The van der Waals surface area contributed by atoms with Crippen molar-refractivity contribution in [2.75, 3.05) is 0 Å². The Balaban J connectivity index is 3.58. The van der Waals surface area contributed by atoms with Gasteiger partial charge in [-0.2, -0.15) is 5.26 Å². The number of hydrogen-bond donors (Lipinski definition) is 0. The summed E-state index contributed by atoms with van der Waals surface area (Å²) in [5, 5.41) is 7.16. The van der Waals surface area contributed by atoms with Crippen LogP contribution >= 0.6 is 22.3 Å². The van der Waals surface area contributed by atoms with E-state index in [1.54, 1.807) is 0 Å². The zero-order chi connectivity index (χ0) is 12.5. The normalized spacial score (nSPS) is 11.5. The maximum Gasteiger partial charge on any atom is 0.280 e. The third-order valence-electron chi connectivity index (χ3n) is 1.55. The number of rotatable bonds is 2. The molecule has 0 aromatic carbocycles. The van der Waals surface area contributed by atoms with Crippen LogP contribution in [0.25, 0.3) is 0 Å². The average molecular weight is 287 g/mol. The molecular weight excluding hydrogens is 285 g/mol. The SMILES string of the molecule is N#Cc1nc(S(=O)(=O)Cl)c(Cl)cc1C(F)F. The van der Waals surface area contributed by atoms with Gasteiger partial charge in [-0.3, -0.25) is 0 Å². The smallest absolute Gasteiger partial charge is 0.222 e. The number of halogens is 4. The largest absolute Gasteiger partial charge is 0.280 e. The molecule has 0 unspecified atom stereocenters. The van der Waals surface area contributed by atoms with Crippen LogP contribution in [0, 0.1) is 11.3 Å². The molecule has 0 aliphatic carbocycles. The molecule has 0 spiro atoms. The van der Waals surface area contributed by atoms with E-state index in [-0.39, 0.29) is 0 Å². The summed E-state index contributed by atoms with van der Waals surface area (Å²) < 4.78 is 46.6. The predicted molar refractivity (Wildman–Crippen MR) is 52.0 cm³/mol. The van der Waals surface area contributed by atoms with Crippen molar-refractivity contribution in [1.29, 1.82) is 5.26 Å². The molecule has 1 heterocycles. The van der Waals surface area contributed by atoms with Crippen molar-refractivity contribution < 1.29 is 17.2 Å². The molecule has 0 atom stereocenters. The van der Waals surface area contributed by atoms with E-state index < -0.39 is 36.8 Å². The molecule has 0 bridgehead atoms. The summed E-state index contributed by atoms with van der Waals surface area (Å²) in [7, 11) is 0.678. The zero-order valence-electron chi connectivity index (χ0n) is 7.29. The fraction of sp³-hybridized carbons (Fsp3) is 0.143. The van der Waals surface area contributed by atoms with Gasteiger partial charge in [-0.25, -0.2) is 22.2 Å². The average Bonchev–Trinajstić information content (AvgIpc) is 2.15. The molecule has 0 N–H and O–H groups in total. The van der Waals surface area contributed by atoms with Gasteiger partial charge in [-0.05, 0) is 6.07 Å². The summed E-state index contributed by atoms with van der Waals surface area (Å²) in [6.45, 7) is 0. The van der Waals surface area contributed by atoms with E-state index in [1.165, 1.54) is 6.07 Å². The van der Waals surface area contributed by atoms with E-state index >= 15 is 0 Å². The van der Waals surface area contributed by atoms with Crippen LogP contribution in [0.4, 0.5) is 8.78 Å². The summed E-state index contributed by atoms with van der Waals surface area (Å²) in [5.41, 5.74) is -1.46. The molecule has 0 amide bonds. The van der Waals surface area contributed by atoms with Gasteiger partial charge < -0.3 is 0 Å². The Hall–Kier alpha value is -0.970. The topological polar surface area (TPSA) is 70.8 Å². The van der Waals surface area contributed by atoms with E-state index in [1.807, 2.05) is 0 Å². The monoisotopic (exact) mass is 286 g/mol. The Labute approximate surface area is 98.8 Å². The van der Waals surface area contributed by atoms with Crippen LogP contribution in [0.15, 0.2) is 11.1 Å². The zero-order valence-corrected chi connectivity index (χ0v) is 9.61. The molecule has 0 radical (unpaired) electrons. The van der Waals surface area contributed by atoms with Gasteiger partial charge in [0.05, 0.1) is 10.6 Å². The summed E-state index contributed by atoms with van der Waals surface area (Å²) in [6.07, 6.45) is -2.98. The van der Waals surface area contributed by atoms with Gasteiger partial charge in [0.2, 0.25) is 0 Å². The Morgan fingerprint density at radius 1 is 1.50 bits per heavy atom. The van der Waals surface area contributed by atoms with E-state index in [4.69, 9.17) is 27.5 Å². The molecule has 1 aromatic heterocycles. The summed E-state index contributed by atoms with van der Waals surface area (Å²) >= 11 is 5.42. The maximum absolute atomic E-state index is 12.4. The van der Waals surface area contributed by atoms with E-state index in [0.717, 1.165) is 0 Å². The van der Waals surface area contributed by atoms with E-state index in [9.17, 15) is 17.2 Å². The molecule has 9 heteroatoms. The highest BCUT2D eigenvalue weighted by Crippen LogP contribution is 2.29. The molecule has 1 aromatic rings. The van der Waals surface area contributed by atoms with Crippen molar-refractivity contribution in [1.82, 2.24) is 4.98 Å². The van der Waals surface area contributed by atoms with Gasteiger partial charge >= 0.3 is 0 Å². The molecular formula is C7H2Cl2F2N2O2S. The minimum absolute atomic E-state index is 0.552.